The van der Waals surface area contributed by atoms with Gasteiger partial charge in [-0.05, 0) is 18.3 Å². The van der Waals surface area contributed by atoms with E-state index >= 15 is 0 Å². The SMILES string of the molecule is CN=C(NCCCn1ccnc1)N1CCC(C)(C)C1. The molecule has 0 amide bonds. The highest BCUT2D eigenvalue weighted by molar-refractivity contribution is 5.80. The standard InChI is InChI=1S/C14H25N5/c1-14(2)5-9-19(11-14)13(15-3)17-6-4-8-18-10-7-16-12-18/h7,10,12H,4-6,8-9,11H2,1-3H3,(H,15,17). The second kappa shape index (κ2) is 6.08. The summed E-state index contributed by atoms with van der Waals surface area (Å²) in [6.07, 6.45) is 7.99. The smallest absolute Gasteiger partial charge is 0.193 e. The van der Waals surface area contributed by atoms with E-state index in [1.165, 1.54) is 6.42 Å². The number of aliphatic imine (C=N–C) groups is 1. The average molecular weight is 263 g/mol. The second-order valence-corrected chi connectivity index (χ2v) is 5.96. The Kier molecular flexibility index (Phi) is 4.45. The van der Waals surface area contributed by atoms with Crippen LogP contribution in [0.4, 0.5) is 0 Å². The van der Waals surface area contributed by atoms with Crippen LogP contribution in [-0.2, 0) is 6.54 Å². The summed E-state index contributed by atoms with van der Waals surface area (Å²) in [5, 5.41) is 3.45. The normalized spacial score (nSPS) is 18.9. The van der Waals surface area contributed by atoms with E-state index in [0.29, 0.717) is 5.41 Å². The molecule has 19 heavy (non-hydrogen) atoms. The van der Waals surface area contributed by atoms with E-state index in [2.05, 4.69) is 38.6 Å². The molecule has 1 aromatic rings. The van der Waals surface area contributed by atoms with E-state index in [4.69, 9.17) is 0 Å². The number of nitrogens with zero attached hydrogens (tertiary/aromatic N) is 4. The van der Waals surface area contributed by atoms with Gasteiger partial charge in [-0.15, -0.1) is 0 Å². The van der Waals surface area contributed by atoms with Crippen LogP contribution in [0.25, 0.3) is 0 Å². The number of hydrogen-bond donors (Lipinski definition) is 1. The van der Waals surface area contributed by atoms with Crippen LogP contribution in [0, 0.1) is 5.41 Å². The van der Waals surface area contributed by atoms with Crippen molar-refractivity contribution >= 4 is 5.96 Å². The summed E-state index contributed by atoms with van der Waals surface area (Å²) in [5.41, 5.74) is 0.411. The summed E-state index contributed by atoms with van der Waals surface area (Å²) in [6, 6.07) is 0. The molecule has 0 saturated carbocycles. The molecule has 2 rings (SSSR count). The molecule has 1 fully saturated rings. The summed E-state index contributed by atoms with van der Waals surface area (Å²) in [4.78, 5) is 10.8. The Balaban J connectivity index is 1.72. The Morgan fingerprint density at radius 2 is 2.32 bits per heavy atom. The molecule has 0 unspecified atom stereocenters. The maximum absolute atomic E-state index is 4.38. The van der Waals surface area contributed by atoms with E-state index < -0.39 is 0 Å². The van der Waals surface area contributed by atoms with Gasteiger partial charge in [-0.1, -0.05) is 13.8 Å². The first-order chi connectivity index (χ1) is 9.11. The lowest BCUT2D eigenvalue weighted by atomic mass is 9.93. The molecule has 0 bridgehead atoms. The lowest BCUT2D eigenvalue weighted by molar-refractivity contribution is 0.370. The molecule has 106 valence electrons. The van der Waals surface area contributed by atoms with Gasteiger partial charge in [0.2, 0.25) is 0 Å². The number of rotatable bonds is 4. The Morgan fingerprint density at radius 1 is 1.47 bits per heavy atom. The van der Waals surface area contributed by atoms with Gasteiger partial charge in [0.25, 0.3) is 0 Å². The highest BCUT2D eigenvalue weighted by Crippen LogP contribution is 2.28. The highest BCUT2D eigenvalue weighted by Gasteiger charge is 2.30. The predicted octanol–water partition coefficient (Wildman–Crippen LogP) is 1.58. The van der Waals surface area contributed by atoms with Gasteiger partial charge in [0.1, 0.15) is 0 Å². The third-order valence-electron chi connectivity index (χ3n) is 3.62. The molecule has 1 N–H and O–H groups in total. The largest absolute Gasteiger partial charge is 0.356 e. The second-order valence-electron chi connectivity index (χ2n) is 5.96. The minimum atomic E-state index is 0.411. The zero-order chi connectivity index (χ0) is 13.7. The van der Waals surface area contributed by atoms with Crippen LogP contribution < -0.4 is 5.32 Å². The van der Waals surface area contributed by atoms with E-state index in [0.717, 1.165) is 38.6 Å². The number of likely N-dealkylation sites (tertiary alicyclic amines) is 1. The van der Waals surface area contributed by atoms with Gasteiger partial charge in [0.15, 0.2) is 5.96 Å². The number of aromatic nitrogens is 2. The minimum Gasteiger partial charge on any atom is -0.356 e. The monoisotopic (exact) mass is 263 g/mol. The van der Waals surface area contributed by atoms with Gasteiger partial charge >= 0.3 is 0 Å². The van der Waals surface area contributed by atoms with Gasteiger partial charge in [0, 0.05) is 45.6 Å². The summed E-state index contributed by atoms with van der Waals surface area (Å²) >= 11 is 0. The molecule has 1 aromatic heterocycles. The third-order valence-corrected chi connectivity index (χ3v) is 3.62. The predicted molar refractivity (Wildman–Crippen MR) is 78.2 cm³/mol. The summed E-state index contributed by atoms with van der Waals surface area (Å²) in [6.45, 7) is 8.78. The molecule has 2 heterocycles. The molecule has 0 atom stereocenters. The molecule has 0 spiro atoms. The number of hydrogen-bond acceptors (Lipinski definition) is 2. The van der Waals surface area contributed by atoms with Crippen LogP contribution in [0.3, 0.4) is 0 Å². The van der Waals surface area contributed by atoms with Crippen molar-refractivity contribution in [1.29, 1.82) is 0 Å². The minimum absolute atomic E-state index is 0.411. The number of aryl methyl sites for hydroxylation is 1. The van der Waals surface area contributed by atoms with Crippen molar-refractivity contribution in [2.24, 2.45) is 10.4 Å². The number of imidazole rings is 1. The Bertz CT molecular complexity index is 407. The summed E-state index contributed by atoms with van der Waals surface area (Å²) in [7, 11) is 1.86. The maximum atomic E-state index is 4.38. The number of nitrogens with one attached hydrogen (secondary N) is 1. The number of guanidine groups is 1. The molecule has 1 aliphatic heterocycles. The zero-order valence-corrected chi connectivity index (χ0v) is 12.3. The van der Waals surface area contributed by atoms with Crippen LogP contribution in [-0.4, -0.2) is 47.1 Å². The van der Waals surface area contributed by atoms with Crippen molar-refractivity contribution in [3.8, 4) is 0 Å². The fourth-order valence-corrected chi connectivity index (χ4v) is 2.51. The van der Waals surface area contributed by atoms with Crippen molar-refractivity contribution in [2.45, 2.75) is 33.2 Å². The topological polar surface area (TPSA) is 45.5 Å². The fraction of sp³-hybridized carbons (Fsp3) is 0.714. The molecule has 5 nitrogen and oxygen atoms in total. The Hall–Kier alpha value is -1.52. The maximum Gasteiger partial charge on any atom is 0.193 e. The van der Waals surface area contributed by atoms with Gasteiger partial charge < -0.3 is 14.8 Å². The Morgan fingerprint density at radius 3 is 2.89 bits per heavy atom. The van der Waals surface area contributed by atoms with Crippen LogP contribution in [0.2, 0.25) is 0 Å². The van der Waals surface area contributed by atoms with Gasteiger partial charge in [0.05, 0.1) is 6.33 Å². The van der Waals surface area contributed by atoms with Gasteiger partial charge in [-0.25, -0.2) is 4.98 Å². The van der Waals surface area contributed by atoms with Crippen LogP contribution >= 0.6 is 0 Å². The van der Waals surface area contributed by atoms with Gasteiger partial charge in [-0.2, -0.15) is 0 Å². The zero-order valence-electron chi connectivity index (χ0n) is 12.3. The van der Waals surface area contributed by atoms with Crippen LogP contribution in [0.5, 0.6) is 0 Å². The third kappa shape index (κ3) is 3.98. The molecule has 0 aliphatic carbocycles. The lowest BCUT2D eigenvalue weighted by Gasteiger charge is -2.23. The van der Waals surface area contributed by atoms with E-state index in [9.17, 15) is 0 Å². The molecule has 1 aliphatic rings. The molecular weight excluding hydrogens is 238 g/mol. The highest BCUT2D eigenvalue weighted by atomic mass is 15.3. The molecule has 5 heteroatoms. The molecule has 0 radical (unpaired) electrons. The molecule has 0 aromatic carbocycles. The van der Waals surface area contributed by atoms with Crippen molar-refractivity contribution in [2.75, 3.05) is 26.7 Å². The summed E-state index contributed by atoms with van der Waals surface area (Å²) in [5.74, 6) is 1.04. The summed E-state index contributed by atoms with van der Waals surface area (Å²) < 4.78 is 2.10. The molecule has 1 saturated heterocycles. The first-order valence-electron chi connectivity index (χ1n) is 7.02. The van der Waals surface area contributed by atoms with Crippen molar-refractivity contribution in [1.82, 2.24) is 19.8 Å². The van der Waals surface area contributed by atoms with Crippen molar-refractivity contribution in [3.63, 3.8) is 0 Å². The van der Waals surface area contributed by atoms with Crippen LogP contribution in [0.1, 0.15) is 26.7 Å². The average Bonchev–Trinajstić information content (AvgIpc) is 2.99. The molecular formula is C14H25N5. The van der Waals surface area contributed by atoms with E-state index in [1.54, 1.807) is 0 Å². The first kappa shape index (κ1) is 13.9. The Labute approximate surface area is 115 Å². The van der Waals surface area contributed by atoms with E-state index in [1.807, 2.05) is 25.8 Å². The quantitative estimate of drug-likeness (QED) is 0.509. The fourth-order valence-electron chi connectivity index (χ4n) is 2.51. The first-order valence-corrected chi connectivity index (χ1v) is 7.02. The van der Waals surface area contributed by atoms with Crippen molar-refractivity contribution < 1.29 is 0 Å². The lowest BCUT2D eigenvalue weighted by Crippen LogP contribution is -2.41. The van der Waals surface area contributed by atoms with Gasteiger partial charge in [-0.3, -0.25) is 4.99 Å². The van der Waals surface area contributed by atoms with E-state index in [-0.39, 0.29) is 0 Å². The van der Waals surface area contributed by atoms with Crippen molar-refractivity contribution in [3.05, 3.63) is 18.7 Å². The van der Waals surface area contributed by atoms with Crippen LogP contribution in [0.15, 0.2) is 23.7 Å².